The molecular formula is C14H27NO2. The van der Waals surface area contributed by atoms with Crippen LogP contribution in [0.3, 0.4) is 0 Å². The van der Waals surface area contributed by atoms with Gasteiger partial charge in [0.2, 0.25) is 0 Å². The van der Waals surface area contributed by atoms with Crippen LogP contribution >= 0.6 is 0 Å². The molecule has 4 unspecified atom stereocenters. The minimum atomic E-state index is 0.259. The molecule has 17 heavy (non-hydrogen) atoms. The Bertz CT molecular complexity index is 216. The first kappa shape index (κ1) is 13.3. The van der Waals surface area contributed by atoms with Crippen molar-refractivity contribution in [1.82, 2.24) is 5.32 Å². The summed E-state index contributed by atoms with van der Waals surface area (Å²) >= 11 is 0. The molecule has 1 heterocycles. The predicted molar refractivity (Wildman–Crippen MR) is 69.1 cm³/mol. The summed E-state index contributed by atoms with van der Waals surface area (Å²) in [6.45, 7) is 4.60. The van der Waals surface area contributed by atoms with E-state index in [1.165, 1.54) is 32.1 Å². The van der Waals surface area contributed by atoms with Crippen LogP contribution in [0, 0.1) is 11.8 Å². The molecule has 0 amide bonds. The largest absolute Gasteiger partial charge is 0.376 e. The zero-order valence-electron chi connectivity index (χ0n) is 11.3. The van der Waals surface area contributed by atoms with E-state index in [2.05, 4.69) is 19.3 Å². The lowest BCUT2D eigenvalue weighted by Crippen LogP contribution is -2.50. The van der Waals surface area contributed by atoms with Gasteiger partial charge in [-0.1, -0.05) is 26.2 Å². The molecule has 0 bridgehead atoms. The van der Waals surface area contributed by atoms with Crippen LogP contribution in [0.5, 0.6) is 0 Å². The zero-order chi connectivity index (χ0) is 12.1. The Balaban J connectivity index is 1.91. The lowest BCUT2D eigenvalue weighted by Gasteiger charge is -2.39. The monoisotopic (exact) mass is 241 g/mol. The van der Waals surface area contributed by atoms with Gasteiger partial charge in [0.05, 0.1) is 25.9 Å². The fourth-order valence-electron chi connectivity index (χ4n) is 3.47. The Kier molecular flexibility index (Phi) is 5.26. The first-order valence-electron chi connectivity index (χ1n) is 7.21. The molecule has 1 N–H and O–H groups in total. The molecule has 1 saturated carbocycles. The first-order valence-corrected chi connectivity index (χ1v) is 7.21. The van der Waals surface area contributed by atoms with Gasteiger partial charge in [0.25, 0.3) is 0 Å². The third-order valence-corrected chi connectivity index (χ3v) is 4.48. The van der Waals surface area contributed by atoms with Crippen LogP contribution in [0.15, 0.2) is 0 Å². The fraction of sp³-hybridized carbons (Fsp3) is 1.00. The minimum Gasteiger partial charge on any atom is -0.376 e. The van der Waals surface area contributed by atoms with Gasteiger partial charge in [-0.3, -0.25) is 0 Å². The van der Waals surface area contributed by atoms with Crippen LogP contribution in [0.4, 0.5) is 0 Å². The third kappa shape index (κ3) is 3.43. The van der Waals surface area contributed by atoms with Crippen molar-refractivity contribution in [2.24, 2.45) is 11.8 Å². The normalized spacial score (nSPS) is 36.7. The van der Waals surface area contributed by atoms with Crippen molar-refractivity contribution in [1.29, 1.82) is 0 Å². The average Bonchev–Trinajstić information content (AvgIpc) is 2.41. The smallest absolute Gasteiger partial charge is 0.0964 e. The van der Waals surface area contributed by atoms with Gasteiger partial charge in [-0.15, -0.1) is 0 Å². The van der Waals surface area contributed by atoms with Crippen LogP contribution in [0.25, 0.3) is 0 Å². The average molecular weight is 241 g/mol. The molecule has 1 aliphatic heterocycles. The predicted octanol–water partition coefficient (Wildman–Crippen LogP) is 2.21. The van der Waals surface area contributed by atoms with Crippen LogP contribution in [-0.4, -0.2) is 39.0 Å². The maximum atomic E-state index is 5.87. The van der Waals surface area contributed by atoms with E-state index in [1.807, 2.05) is 0 Å². The van der Waals surface area contributed by atoms with Gasteiger partial charge in [-0.05, 0) is 31.7 Å². The van der Waals surface area contributed by atoms with Gasteiger partial charge in [0.15, 0.2) is 0 Å². The van der Waals surface area contributed by atoms with Crippen LogP contribution in [-0.2, 0) is 9.47 Å². The number of rotatable bonds is 4. The van der Waals surface area contributed by atoms with E-state index in [4.69, 9.17) is 9.47 Å². The molecular weight excluding hydrogens is 214 g/mol. The standard InChI is InChI=1S/C14H27NO2/c1-3-11-5-4-6-12(9-11)14(15-2)13-10-16-7-8-17-13/h11-15H,3-10H2,1-2H3. The molecule has 100 valence electrons. The Morgan fingerprint density at radius 3 is 2.82 bits per heavy atom. The van der Waals surface area contributed by atoms with E-state index in [9.17, 15) is 0 Å². The summed E-state index contributed by atoms with van der Waals surface area (Å²) < 4.78 is 11.4. The number of likely N-dealkylation sites (N-methyl/N-ethyl adjacent to an activating group) is 1. The summed E-state index contributed by atoms with van der Waals surface area (Å²) in [6, 6.07) is 0.477. The molecule has 0 aromatic heterocycles. The second-order valence-corrected chi connectivity index (χ2v) is 5.50. The molecule has 2 fully saturated rings. The summed E-state index contributed by atoms with van der Waals surface area (Å²) in [6.07, 6.45) is 7.10. The fourth-order valence-corrected chi connectivity index (χ4v) is 3.47. The second kappa shape index (κ2) is 6.72. The molecule has 0 spiro atoms. The summed E-state index contributed by atoms with van der Waals surface area (Å²) in [4.78, 5) is 0. The summed E-state index contributed by atoms with van der Waals surface area (Å²) in [5.41, 5.74) is 0. The highest BCUT2D eigenvalue weighted by molar-refractivity contribution is 4.87. The van der Waals surface area contributed by atoms with E-state index < -0.39 is 0 Å². The van der Waals surface area contributed by atoms with Crippen LogP contribution in [0.1, 0.15) is 39.0 Å². The van der Waals surface area contributed by atoms with Crippen molar-refractivity contribution in [3.8, 4) is 0 Å². The highest BCUT2D eigenvalue weighted by atomic mass is 16.6. The quantitative estimate of drug-likeness (QED) is 0.818. The summed E-state index contributed by atoms with van der Waals surface area (Å²) in [7, 11) is 2.07. The van der Waals surface area contributed by atoms with E-state index in [-0.39, 0.29) is 6.10 Å². The maximum Gasteiger partial charge on any atom is 0.0964 e. The zero-order valence-corrected chi connectivity index (χ0v) is 11.3. The van der Waals surface area contributed by atoms with Gasteiger partial charge in [-0.25, -0.2) is 0 Å². The first-order chi connectivity index (χ1) is 8.35. The van der Waals surface area contributed by atoms with Crippen LogP contribution in [0.2, 0.25) is 0 Å². The van der Waals surface area contributed by atoms with Crippen molar-refractivity contribution in [3.05, 3.63) is 0 Å². The molecule has 1 saturated heterocycles. The van der Waals surface area contributed by atoms with Crippen molar-refractivity contribution >= 4 is 0 Å². The molecule has 0 aromatic rings. The van der Waals surface area contributed by atoms with Gasteiger partial charge in [0.1, 0.15) is 0 Å². The Labute approximate surface area is 105 Å². The van der Waals surface area contributed by atoms with E-state index in [0.717, 1.165) is 31.7 Å². The second-order valence-electron chi connectivity index (χ2n) is 5.50. The maximum absolute atomic E-state index is 5.87. The van der Waals surface area contributed by atoms with Gasteiger partial charge < -0.3 is 14.8 Å². The van der Waals surface area contributed by atoms with Crippen molar-refractivity contribution in [2.45, 2.75) is 51.2 Å². The summed E-state index contributed by atoms with van der Waals surface area (Å²) in [5, 5.41) is 3.48. The SMILES string of the molecule is CCC1CCCC(C(NC)C2COCCO2)C1. The molecule has 2 rings (SSSR count). The molecule has 4 atom stereocenters. The molecule has 1 aliphatic carbocycles. The van der Waals surface area contributed by atoms with Gasteiger partial charge >= 0.3 is 0 Å². The van der Waals surface area contributed by atoms with E-state index in [0.29, 0.717) is 6.04 Å². The Morgan fingerprint density at radius 2 is 2.18 bits per heavy atom. The lowest BCUT2D eigenvalue weighted by molar-refractivity contribution is -0.110. The van der Waals surface area contributed by atoms with E-state index >= 15 is 0 Å². The Morgan fingerprint density at radius 1 is 1.29 bits per heavy atom. The van der Waals surface area contributed by atoms with Crippen molar-refractivity contribution in [2.75, 3.05) is 26.9 Å². The van der Waals surface area contributed by atoms with Crippen molar-refractivity contribution in [3.63, 3.8) is 0 Å². The number of hydrogen-bond donors (Lipinski definition) is 1. The number of hydrogen-bond acceptors (Lipinski definition) is 3. The lowest BCUT2D eigenvalue weighted by atomic mass is 9.75. The van der Waals surface area contributed by atoms with E-state index in [1.54, 1.807) is 0 Å². The summed E-state index contributed by atoms with van der Waals surface area (Å²) in [5.74, 6) is 1.69. The number of nitrogens with one attached hydrogen (secondary N) is 1. The highest BCUT2D eigenvalue weighted by Crippen LogP contribution is 2.34. The molecule has 3 heteroatoms. The van der Waals surface area contributed by atoms with Crippen molar-refractivity contribution < 1.29 is 9.47 Å². The molecule has 2 aliphatic rings. The van der Waals surface area contributed by atoms with Gasteiger partial charge in [0, 0.05) is 6.04 Å². The molecule has 0 aromatic carbocycles. The Hall–Kier alpha value is -0.120. The van der Waals surface area contributed by atoms with Crippen LogP contribution < -0.4 is 5.32 Å². The number of ether oxygens (including phenoxy) is 2. The minimum absolute atomic E-state index is 0.259. The van der Waals surface area contributed by atoms with Gasteiger partial charge in [-0.2, -0.15) is 0 Å². The molecule has 0 radical (unpaired) electrons. The molecule has 3 nitrogen and oxygen atoms in total. The highest BCUT2D eigenvalue weighted by Gasteiger charge is 2.33. The third-order valence-electron chi connectivity index (χ3n) is 4.48. The topological polar surface area (TPSA) is 30.5 Å².